The van der Waals surface area contributed by atoms with Crippen molar-refractivity contribution in [3.05, 3.63) is 107 Å². The highest BCUT2D eigenvalue weighted by Crippen LogP contribution is 2.43. The number of carbonyl (C=O) groups excluding carboxylic acids is 3. The summed E-state index contributed by atoms with van der Waals surface area (Å²) in [5.74, 6) is -1.68. The van der Waals surface area contributed by atoms with Crippen LogP contribution in [0.5, 0.6) is 0 Å². The fourth-order valence-electron chi connectivity index (χ4n) is 4.90. The molecule has 0 saturated carbocycles. The maximum Gasteiger partial charge on any atom is 0.236 e. The zero-order chi connectivity index (χ0) is 24.9. The van der Waals surface area contributed by atoms with Gasteiger partial charge in [0.05, 0.1) is 6.54 Å². The summed E-state index contributed by atoms with van der Waals surface area (Å²) in [5.41, 5.74) is 1.96. The van der Waals surface area contributed by atoms with Crippen LogP contribution in [-0.2, 0) is 4.79 Å². The fourth-order valence-corrected chi connectivity index (χ4v) is 5.17. The summed E-state index contributed by atoms with van der Waals surface area (Å²) < 4.78 is 0. The lowest BCUT2D eigenvalue weighted by Crippen LogP contribution is -2.52. The smallest absolute Gasteiger partial charge is 0.236 e. The van der Waals surface area contributed by atoms with E-state index in [0.717, 1.165) is 5.56 Å². The quantitative estimate of drug-likeness (QED) is 0.447. The molecule has 1 aliphatic heterocycles. The van der Waals surface area contributed by atoms with E-state index in [4.69, 9.17) is 11.6 Å². The highest BCUT2D eigenvalue weighted by atomic mass is 35.5. The Labute approximate surface area is 211 Å². The largest absolute Gasteiger partial charge is 0.348 e. The maximum absolute atomic E-state index is 13.9. The molecule has 0 aliphatic carbocycles. The van der Waals surface area contributed by atoms with Crippen LogP contribution >= 0.6 is 11.6 Å². The second-order valence-corrected chi connectivity index (χ2v) is 9.61. The number of likely N-dealkylation sites (tertiary alicyclic amines) is 1. The number of piperidine rings is 1. The van der Waals surface area contributed by atoms with Crippen LogP contribution in [-0.4, -0.2) is 61.0 Å². The lowest BCUT2D eigenvalue weighted by atomic mass is 9.68. The van der Waals surface area contributed by atoms with Gasteiger partial charge in [0, 0.05) is 61.1 Å². The van der Waals surface area contributed by atoms with Crippen molar-refractivity contribution >= 4 is 29.1 Å². The number of Topliss-reactive ketones (excluding diaryl/α,β-unsaturated/α-hetero) is 2. The summed E-state index contributed by atoms with van der Waals surface area (Å²) >= 11 is 6.65. The minimum Gasteiger partial charge on any atom is -0.348 e. The van der Waals surface area contributed by atoms with Crippen LogP contribution in [0, 0.1) is 11.8 Å². The van der Waals surface area contributed by atoms with E-state index in [1.165, 1.54) is 4.90 Å². The molecule has 1 heterocycles. The average Bonchev–Trinajstić information content (AvgIpc) is 2.88. The molecule has 180 valence electrons. The summed E-state index contributed by atoms with van der Waals surface area (Å²) in [7, 11) is 3.41. The summed E-state index contributed by atoms with van der Waals surface area (Å²) in [6.45, 7) is 0.864. The first-order valence-electron chi connectivity index (χ1n) is 11.7. The molecule has 1 amide bonds. The number of halogens is 1. The number of rotatable bonds is 7. The van der Waals surface area contributed by atoms with Gasteiger partial charge in [-0.3, -0.25) is 19.3 Å². The van der Waals surface area contributed by atoms with Gasteiger partial charge in [-0.25, -0.2) is 0 Å². The zero-order valence-corrected chi connectivity index (χ0v) is 20.7. The Kier molecular flexibility index (Phi) is 7.79. The van der Waals surface area contributed by atoms with Gasteiger partial charge < -0.3 is 4.90 Å². The van der Waals surface area contributed by atoms with Crippen LogP contribution in [0.2, 0.25) is 5.02 Å². The molecule has 0 bridgehead atoms. The normalized spacial score (nSPS) is 20.3. The topological polar surface area (TPSA) is 57.7 Å². The maximum atomic E-state index is 13.9. The van der Waals surface area contributed by atoms with Crippen LogP contribution in [0.4, 0.5) is 0 Å². The van der Waals surface area contributed by atoms with E-state index in [-0.39, 0.29) is 24.0 Å². The van der Waals surface area contributed by atoms with Crippen molar-refractivity contribution < 1.29 is 14.4 Å². The number of hydrogen-bond acceptors (Lipinski definition) is 4. The Morgan fingerprint density at radius 2 is 1.23 bits per heavy atom. The Balaban J connectivity index is 1.82. The van der Waals surface area contributed by atoms with Crippen molar-refractivity contribution in [2.75, 3.05) is 33.7 Å². The highest BCUT2D eigenvalue weighted by Gasteiger charge is 2.45. The Bertz CT molecular complexity index is 1140. The van der Waals surface area contributed by atoms with E-state index in [1.54, 1.807) is 44.4 Å². The molecule has 5 nitrogen and oxygen atoms in total. The van der Waals surface area contributed by atoms with Gasteiger partial charge >= 0.3 is 0 Å². The standard InChI is InChI=1S/C29H29ClN2O3/c1-31(2)26(33)19-32-17-23(28(34)20-11-5-3-6-12-20)27(22-15-9-10-16-25(22)30)24(18-32)29(35)21-13-7-4-8-14-21/h3-16,23-24,27H,17-19H2,1-2H3. The summed E-state index contributed by atoms with van der Waals surface area (Å²) in [6, 6.07) is 25.7. The first-order valence-corrected chi connectivity index (χ1v) is 12.1. The van der Waals surface area contributed by atoms with E-state index in [1.807, 2.05) is 59.5 Å². The van der Waals surface area contributed by atoms with Crippen molar-refractivity contribution in [3.8, 4) is 0 Å². The lowest BCUT2D eigenvalue weighted by Gasteiger charge is -2.43. The van der Waals surface area contributed by atoms with E-state index in [9.17, 15) is 14.4 Å². The molecule has 6 heteroatoms. The van der Waals surface area contributed by atoms with Gasteiger partial charge in [0.2, 0.25) is 5.91 Å². The second kappa shape index (κ2) is 11.0. The van der Waals surface area contributed by atoms with Crippen LogP contribution in [0.3, 0.4) is 0 Å². The lowest BCUT2D eigenvalue weighted by molar-refractivity contribution is -0.130. The predicted molar refractivity (Wildman–Crippen MR) is 138 cm³/mol. The van der Waals surface area contributed by atoms with Crippen molar-refractivity contribution in [2.24, 2.45) is 11.8 Å². The van der Waals surface area contributed by atoms with Crippen molar-refractivity contribution in [2.45, 2.75) is 5.92 Å². The molecule has 0 aromatic heterocycles. The van der Waals surface area contributed by atoms with Crippen LogP contribution < -0.4 is 0 Å². The van der Waals surface area contributed by atoms with Gasteiger partial charge in [0.25, 0.3) is 0 Å². The van der Waals surface area contributed by atoms with Crippen molar-refractivity contribution in [1.29, 1.82) is 0 Å². The molecule has 0 radical (unpaired) electrons. The van der Waals surface area contributed by atoms with Gasteiger partial charge in [-0.1, -0.05) is 90.5 Å². The minimum absolute atomic E-state index is 0.0524. The third kappa shape index (κ3) is 5.53. The first-order chi connectivity index (χ1) is 16.9. The molecule has 1 aliphatic rings. The molecule has 4 rings (SSSR count). The highest BCUT2D eigenvalue weighted by molar-refractivity contribution is 6.31. The van der Waals surface area contributed by atoms with E-state index in [0.29, 0.717) is 29.2 Å². The molecule has 0 N–H and O–H groups in total. The summed E-state index contributed by atoms with van der Waals surface area (Å²) in [5, 5.41) is 0.534. The van der Waals surface area contributed by atoms with Gasteiger partial charge in [-0.2, -0.15) is 0 Å². The molecular weight excluding hydrogens is 460 g/mol. The van der Waals surface area contributed by atoms with E-state index < -0.39 is 17.8 Å². The van der Waals surface area contributed by atoms with Gasteiger partial charge in [0.1, 0.15) is 0 Å². The summed E-state index contributed by atoms with van der Waals surface area (Å²) in [6.07, 6.45) is 0. The molecule has 1 saturated heterocycles. The molecule has 3 aromatic rings. The average molecular weight is 489 g/mol. The number of amides is 1. The molecule has 1 fully saturated rings. The van der Waals surface area contributed by atoms with Crippen LogP contribution in [0.15, 0.2) is 84.9 Å². The fraction of sp³-hybridized carbons (Fsp3) is 0.276. The first kappa shape index (κ1) is 24.8. The SMILES string of the molecule is CN(C)C(=O)CN1CC(C(=O)c2ccccc2)C(c2ccccc2Cl)C(C(=O)c2ccccc2)C1. The zero-order valence-electron chi connectivity index (χ0n) is 19.9. The van der Waals surface area contributed by atoms with Crippen LogP contribution in [0.1, 0.15) is 32.2 Å². The number of likely N-dealkylation sites (N-methyl/N-ethyl adjacent to an activating group) is 1. The Morgan fingerprint density at radius 3 is 1.69 bits per heavy atom. The molecule has 2 unspecified atom stereocenters. The minimum atomic E-state index is -0.543. The monoisotopic (exact) mass is 488 g/mol. The predicted octanol–water partition coefficient (Wildman–Crippen LogP) is 4.83. The number of nitrogens with zero attached hydrogens (tertiary/aromatic N) is 2. The van der Waals surface area contributed by atoms with Crippen molar-refractivity contribution in [1.82, 2.24) is 9.80 Å². The Hall–Kier alpha value is -3.28. The molecule has 35 heavy (non-hydrogen) atoms. The second-order valence-electron chi connectivity index (χ2n) is 9.20. The molecule has 0 spiro atoms. The third-order valence-electron chi connectivity index (χ3n) is 6.69. The van der Waals surface area contributed by atoms with Gasteiger partial charge in [0.15, 0.2) is 11.6 Å². The van der Waals surface area contributed by atoms with Crippen LogP contribution in [0.25, 0.3) is 0 Å². The van der Waals surface area contributed by atoms with Gasteiger partial charge in [-0.05, 0) is 11.6 Å². The van der Waals surface area contributed by atoms with E-state index in [2.05, 4.69) is 0 Å². The number of carbonyl (C=O) groups is 3. The number of ketones is 2. The number of benzene rings is 3. The van der Waals surface area contributed by atoms with E-state index >= 15 is 0 Å². The summed E-state index contributed by atoms with van der Waals surface area (Å²) in [4.78, 5) is 43.8. The van der Waals surface area contributed by atoms with Gasteiger partial charge in [-0.15, -0.1) is 0 Å². The molecule has 2 atom stereocenters. The Morgan fingerprint density at radius 1 is 0.771 bits per heavy atom. The third-order valence-corrected chi connectivity index (χ3v) is 7.03. The van der Waals surface area contributed by atoms with Crippen molar-refractivity contribution in [3.63, 3.8) is 0 Å². The number of hydrogen-bond donors (Lipinski definition) is 0. The molecule has 3 aromatic carbocycles. The molecular formula is C29H29ClN2O3.